The number of carbonyl (C=O) groups is 1. The van der Waals surface area contributed by atoms with Crippen LogP contribution in [0, 0.1) is 5.92 Å². The Bertz CT molecular complexity index is 459. The number of hydrogen-bond acceptors (Lipinski definition) is 3. The van der Waals surface area contributed by atoms with Gasteiger partial charge in [-0.3, -0.25) is 4.79 Å². The molecule has 0 radical (unpaired) electrons. The average molecular weight is 341 g/mol. The first kappa shape index (κ1) is 19.9. The maximum absolute atomic E-state index is 12.1. The average Bonchev–Trinajstić information content (AvgIpc) is 3.08. The fraction of sp³-hybridized carbons (Fsp3) is 0.611. The van der Waals surface area contributed by atoms with Crippen LogP contribution in [0.1, 0.15) is 54.9 Å². The van der Waals surface area contributed by atoms with Gasteiger partial charge in [0.05, 0.1) is 6.10 Å². The minimum Gasteiger partial charge on any atom is -0.378 e. The second-order valence-corrected chi connectivity index (χ2v) is 5.98. The molecule has 3 N–H and O–H groups in total. The minimum atomic E-state index is -0.0229. The third kappa shape index (κ3) is 6.13. The molecule has 0 bridgehead atoms. The van der Waals surface area contributed by atoms with Crippen molar-refractivity contribution in [2.24, 2.45) is 11.7 Å². The van der Waals surface area contributed by atoms with Gasteiger partial charge in [0.15, 0.2) is 0 Å². The molecule has 0 saturated heterocycles. The van der Waals surface area contributed by atoms with Crippen LogP contribution in [-0.2, 0) is 11.3 Å². The lowest BCUT2D eigenvalue weighted by atomic mass is 9.98. The Kier molecular flexibility index (Phi) is 9.22. The number of rotatable bonds is 8. The molecular formula is C18H29ClN2O2. The number of amides is 1. The number of ether oxygens (including phenoxy) is 1. The maximum atomic E-state index is 12.1. The Morgan fingerprint density at radius 3 is 2.52 bits per heavy atom. The molecule has 4 nitrogen and oxygen atoms in total. The number of benzene rings is 1. The molecule has 1 atom stereocenters. The summed E-state index contributed by atoms with van der Waals surface area (Å²) >= 11 is 0. The van der Waals surface area contributed by atoms with E-state index in [1.54, 1.807) is 0 Å². The van der Waals surface area contributed by atoms with Crippen molar-refractivity contribution in [1.82, 2.24) is 5.32 Å². The first-order valence-electron chi connectivity index (χ1n) is 8.43. The third-order valence-electron chi connectivity index (χ3n) is 4.47. The van der Waals surface area contributed by atoms with Crippen LogP contribution in [0.25, 0.3) is 0 Å². The summed E-state index contributed by atoms with van der Waals surface area (Å²) in [5.74, 6) is 0.644. The number of carbonyl (C=O) groups excluding carboxylic acids is 1. The molecule has 1 saturated carbocycles. The highest BCUT2D eigenvalue weighted by molar-refractivity contribution is 5.94. The third-order valence-corrected chi connectivity index (χ3v) is 4.47. The molecular weight excluding hydrogens is 312 g/mol. The zero-order valence-electron chi connectivity index (χ0n) is 13.9. The van der Waals surface area contributed by atoms with Crippen molar-refractivity contribution in [3.8, 4) is 0 Å². The van der Waals surface area contributed by atoms with Crippen molar-refractivity contribution < 1.29 is 9.53 Å². The summed E-state index contributed by atoms with van der Waals surface area (Å²) in [7, 11) is 0. The predicted octanol–water partition coefficient (Wildman–Crippen LogP) is 3.28. The smallest absolute Gasteiger partial charge is 0.251 e. The number of nitrogens with two attached hydrogens (primary N) is 1. The van der Waals surface area contributed by atoms with E-state index < -0.39 is 0 Å². The van der Waals surface area contributed by atoms with E-state index in [1.165, 1.54) is 25.7 Å². The molecule has 0 spiro atoms. The van der Waals surface area contributed by atoms with Crippen molar-refractivity contribution >= 4 is 18.3 Å². The van der Waals surface area contributed by atoms with Crippen LogP contribution in [-0.4, -0.2) is 25.2 Å². The van der Waals surface area contributed by atoms with E-state index in [2.05, 4.69) is 5.32 Å². The number of nitrogens with one attached hydrogen (secondary N) is 1. The first-order valence-corrected chi connectivity index (χ1v) is 8.43. The summed E-state index contributed by atoms with van der Waals surface area (Å²) in [6.07, 6.45) is 6.33. The van der Waals surface area contributed by atoms with Crippen LogP contribution < -0.4 is 11.1 Å². The van der Waals surface area contributed by atoms with Gasteiger partial charge in [-0.2, -0.15) is 0 Å². The van der Waals surface area contributed by atoms with Crippen molar-refractivity contribution in [3.05, 3.63) is 35.4 Å². The van der Waals surface area contributed by atoms with Gasteiger partial charge < -0.3 is 15.8 Å². The zero-order chi connectivity index (χ0) is 15.8. The van der Waals surface area contributed by atoms with Gasteiger partial charge >= 0.3 is 0 Å². The Morgan fingerprint density at radius 1 is 1.30 bits per heavy atom. The maximum Gasteiger partial charge on any atom is 0.251 e. The number of hydrogen-bond donors (Lipinski definition) is 2. The SMILES string of the molecule is CCOC(CCNC(=O)c1ccc(CN)cc1)C1CCCC1.Cl. The molecule has 1 amide bonds. The van der Waals surface area contributed by atoms with Gasteiger partial charge in [-0.25, -0.2) is 0 Å². The zero-order valence-corrected chi connectivity index (χ0v) is 14.7. The highest BCUT2D eigenvalue weighted by Gasteiger charge is 2.25. The molecule has 0 aliphatic heterocycles. The normalized spacial score (nSPS) is 15.9. The van der Waals surface area contributed by atoms with Gasteiger partial charge in [0.1, 0.15) is 0 Å². The summed E-state index contributed by atoms with van der Waals surface area (Å²) < 4.78 is 5.88. The quantitative estimate of drug-likeness (QED) is 0.763. The molecule has 1 aliphatic carbocycles. The monoisotopic (exact) mass is 340 g/mol. The van der Waals surface area contributed by atoms with Gasteiger partial charge in [-0.1, -0.05) is 25.0 Å². The lowest BCUT2D eigenvalue weighted by Crippen LogP contribution is -2.31. The van der Waals surface area contributed by atoms with Crippen LogP contribution in [0.3, 0.4) is 0 Å². The van der Waals surface area contributed by atoms with Crippen LogP contribution in [0.5, 0.6) is 0 Å². The lowest BCUT2D eigenvalue weighted by molar-refractivity contribution is 0.0163. The van der Waals surface area contributed by atoms with E-state index >= 15 is 0 Å². The Labute approximate surface area is 145 Å². The molecule has 5 heteroatoms. The molecule has 1 aromatic rings. The van der Waals surface area contributed by atoms with Crippen LogP contribution in [0.15, 0.2) is 24.3 Å². The topological polar surface area (TPSA) is 64.3 Å². The molecule has 1 unspecified atom stereocenters. The van der Waals surface area contributed by atoms with Gasteiger partial charge in [0.25, 0.3) is 5.91 Å². The van der Waals surface area contributed by atoms with Crippen LogP contribution in [0.2, 0.25) is 0 Å². The number of halogens is 1. The summed E-state index contributed by atoms with van der Waals surface area (Å²) in [4.78, 5) is 12.1. The summed E-state index contributed by atoms with van der Waals surface area (Å²) in [5.41, 5.74) is 7.29. The van der Waals surface area contributed by atoms with Crippen molar-refractivity contribution in [3.63, 3.8) is 0 Å². The standard InChI is InChI=1S/C18H28N2O2.ClH/c1-2-22-17(15-5-3-4-6-15)11-12-20-18(21)16-9-7-14(13-19)8-10-16;/h7-10,15,17H,2-6,11-13,19H2,1H3,(H,20,21);1H. The predicted molar refractivity (Wildman–Crippen MR) is 95.9 cm³/mol. The largest absolute Gasteiger partial charge is 0.378 e. The van der Waals surface area contributed by atoms with E-state index in [9.17, 15) is 4.79 Å². The van der Waals surface area contributed by atoms with Gasteiger partial charge in [-0.15, -0.1) is 12.4 Å². The van der Waals surface area contributed by atoms with E-state index in [1.807, 2.05) is 31.2 Å². The summed E-state index contributed by atoms with van der Waals surface area (Å²) in [6.45, 7) is 3.95. The lowest BCUT2D eigenvalue weighted by Gasteiger charge is -2.23. The van der Waals surface area contributed by atoms with E-state index in [0.29, 0.717) is 24.6 Å². The van der Waals surface area contributed by atoms with Crippen molar-refractivity contribution in [1.29, 1.82) is 0 Å². The van der Waals surface area contributed by atoms with Gasteiger partial charge in [0, 0.05) is 25.3 Å². The summed E-state index contributed by atoms with van der Waals surface area (Å²) in [5, 5.41) is 3.00. The Balaban J connectivity index is 0.00000264. The fourth-order valence-corrected chi connectivity index (χ4v) is 3.22. The van der Waals surface area contributed by atoms with Crippen LogP contribution in [0.4, 0.5) is 0 Å². The van der Waals surface area contributed by atoms with E-state index in [0.717, 1.165) is 18.6 Å². The summed E-state index contributed by atoms with van der Waals surface area (Å²) in [6, 6.07) is 7.45. The molecule has 130 valence electrons. The molecule has 23 heavy (non-hydrogen) atoms. The van der Waals surface area contributed by atoms with Crippen LogP contribution >= 0.6 is 12.4 Å². The van der Waals surface area contributed by atoms with Gasteiger partial charge in [-0.05, 0) is 49.8 Å². The minimum absolute atomic E-state index is 0. The fourth-order valence-electron chi connectivity index (χ4n) is 3.22. The molecule has 1 aliphatic rings. The Morgan fingerprint density at radius 2 is 1.96 bits per heavy atom. The second-order valence-electron chi connectivity index (χ2n) is 5.98. The molecule has 0 aromatic heterocycles. The Hall–Kier alpha value is -1.10. The van der Waals surface area contributed by atoms with Gasteiger partial charge in [0.2, 0.25) is 0 Å². The molecule has 1 aromatic carbocycles. The second kappa shape index (κ2) is 10.6. The highest BCUT2D eigenvalue weighted by Crippen LogP contribution is 2.30. The highest BCUT2D eigenvalue weighted by atomic mass is 35.5. The van der Waals surface area contributed by atoms with E-state index in [-0.39, 0.29) is 24.4 Å². The molecule has 2 rings (SSSR count). The van der Waals surface area contributed by atoms with Crippen molar-refractivity contribution in [2.45, 2.75) is 51.7 Å². The first-order chi connectivity index (χ1) is 10.7. The molecule has 1 fully saturated rings. The molecule has 0 heterocycles. The van der Waals surface area contributed by atoms with Crippen molar-refractivity contribution in [2.75, 3.05) is 13.2 Å². The van der Waals surface area contributed by atoms with E-state index in [4.69, 9.17) is 10.5 Å².